The first-order chi connectivity index (χ1) is 12.7. The molecule has 1 aromatic rings. The predicted molar refractivity (Wildman–Crippen MR) is 96.3 cm³/mol. The van der Waals surface area contributed by atoms with Crippen LogP contribution in [-0.2, 0) is 25.7 Å². The number of benzene rings is 1. The smallest absolute Gasteiger partial charge is 0.306 e. The van der Waals surface area contributed by atoms with Gasteiger partial charge in [-0.3, -0.25) is 19.7 Å². The molecule has 27 heavy (non-hydrogen) atoms. The zero-order chi connectivity index (χ0) is 20.4. The van der Waals surface area contributed by atoms with Crippen LogP contribution in [0.3, 0.4) is 0 Å². The summed E-state index contributed by atoms with van der Waals surface area (Å²) in [4.78, 5) is 33.4. The predicted octanol–water partition coefficient (Wildman–Crippen LogP) is 4.32. The van der Waals surface area contributed by atoms with Crippen molar-refractivity contribution in [3.8, 4) is 0 Å². The molecule has 0 aromatic heterocycles. The van der Waals surface area contributed by atoms with Crippen LogP contribution >= 0.6 is 0 Å². The Morgan fingerprint density at radius 1 is 1.22 bits per heavy atom. The van der Waals surface area contributed by atoms with E-state index in [0.717, 1.165) is 25.0 Å². The molecule has 0 heterocycles. The van der Waals surface area contributed by atoms with Crippen molar-refractivity contribution in [3.05, 3.63) is 39.7 Å². The third-order valence-corrected chi connectivity index (χ3v) is 3.97. The lowest BCUT2D eigenvalue weighted by Gasteiger charge is -2.20. The van der Waals surface area contributed by atoms with Gasteiger partial charge in [0.15, 0.2) is 0 Å². The molecule has 1 atom stereocenters. The van der Waals surface area contributed by atoms with E-state index in [-0.39, 0.29) is 43.9 Å². The summed E-state index contributed by atoms with van der Waals surface area (Å²) < 4.78 is 23.7. The Balaban J connectivity index is 2.36. The van der Waals surface area contributed by atoms with E-state index in [9.17, 15) is 24.1 Å². The Hall–Kier alpha value is -2.51. The Morgan fingerprint density at radius 2 is 1.89 bits per heavy atom. The monoisotopic (exact) mass is 383 g/mol. The third kappa shape index (κ3) is 8.15. The van der Waals surface area contributed by atoms with E-state index in [4.69, 9.17) is 9.47 Å². The number of hydrogen-bond donors (Lipinski definition) is 0. The summed E-state index contributed by atoms with van der Waals surface area (Å²) >= 11 is 0. The maximum Gasteiger partial charge on any atom is 0.306 e. The standard InChI is InChI=1S/C19H26FNO6/c1-4-6-17(13(2)3)27-19(23)8-5-7-18(22)26-12-14-9-10-15(20)16(11-14)21(24)25/h9-11,13,17H,4-8,12H2,1-3H3. The molecular weight excluding hydrogens is 357 g/mol. The SMILES string of the molecule is CCCC(OC(=O)CCCC(=O)OCc1ccc(F)c([N+](=O)[O-])c1)C(C)C. The first-order valence-electron chi connectivity index (χ1n) is 9.02. The number of hydrogen-bond acceptors (Lipinski definition) is 6. The molecule has 0 amide bonds. The van der Waals surface area contributed by atoms with E-state index in [1.807, 2.05) is 20.8 Å². The van der Waals surface area contributed by atoms with Crippen molar-refractivity contribution in [2.45, 2.75) is 65.6 Å². The number of nitro benzene ring substituents is 1. The molecule has 1 aromatic carbocycles. The first-order valence-corrected chi connectivity index (χ1v) is 9.02. The minimum atomic E-state index is -0.948. The van der Waals surface area contributed by atoms with Crippen molar-refractivity contribution in [1.82, 2.24) is 0 Å². The second-order valence-electron chi connectivity index (χ2n) is 6.62. The summed E-state index contributed by atoms with van der Waals surface area (Å²) in [5.74, 6) is -1.59. The van der Waals surface area contributed by atoms with Gasteiger partial charge >= 0.3 is 17.6 Å². The van der Waals surface area contributed by atoms with E-state index < -0.39 is 22.4 Å². The third-order valence-electron chi connectivity index (χ3n) is 3.97. The van der Waals surface area contributed by atoms with E-state index in [1.54, 1.807) is 0 Å². The van der Waals surface area contributed by atoms with Crippen molar-refractivity contribution in [2.24, 2.45) is 5.92 Å². The Kier molecular flexibility index (Phi) is 9.39. The van der Waals surface area contributed by atoms with Crippen molar-refractivity contribution >= 4 is 17.6 Å². The molecule has 0 radical (unpaired) electrons. The van der Waals surface area contributed by atoms with Gasteiger partial charge < -0.3 is 9.47 Å². The lowest BCUT2D eigenvalue weighted by atomic mass is 10.0. The lowest BCUT2D eigenvalue weighted by molar-refractivity contribution is -0.387. The van der Waals surface area contributed by atoms with Crippen LogP contribution in [0.15, 0.2) is 18.2 Å². The van der Waals surface area contributed by atoms with Gasteiger partial charge in [-0.05, 0) is 30.4 Å². The van der Waals surface area contributed by atoms with Crippen LogP contribution in [0, 0.1) is 21.8 Å². The van der Waals surface area contributed by atoms with Crippen LogP contribution < -0.4 is 0 Å². The summed E-state index contributed by atoms with van der Waals surface area (Å²) in [5.41, 5.74) is -0.353. The minimum Gasteiger partial charge on any atom is -0.462 e. The highest BCUT2D eigenvalue weighted by molar-refractivity contribution is 5.72. The number of carbonyl (C=O) groups excluding carboxylic acids is 2. The van der Waals surface area contributed by atoms with E-state index in [0.29, 0.717) is 5.56 Å². The van der Waals surface area contributed by atoms with Gasteiger partial charge in [-0.25, -0.2) is 0 Å². The number of nitro groups is 1. The van der Waals surface area contributed by atoms with Gasteiger partial charge in [0.25, 0.3) is 0 Å². The van der Waals surface area contributed by atoms with Crippen molar-refractivity contribution in [2.75, 3.05) is 0 Å². The van der Waals surface area contributed by atoms with Crippen molar-refractivity contribution < 1.29 is 28.4 Å². The number of halogens is 1. The summed E-state index contributed by atoms with van der Waals surface area (Å²) in [5, 5.41) is 10.7. The van der Waals surface area contributed by atoms with Crippen LogP contribution in [0.4, 0.5) is 10.1 Å². The Morgan fingerprint density at radius 3 is 2.48 bits per heavy atom. The number of esters is 2. The van der Waals surface area contributed by atoms with Crippen LogP contribution in [0.5, 0.6) is 0 Å². The van der Waals surface area contributed by atoms with Gasteiger partial charge in [-0.2, -0.15) is 4.39 Å². The topological polar surface area (TPSA) is 95.7 Å². The average molecular weight is 383 g/mol. The first kappa shape index (κ1) is 22.5. The molecule has 0 saturated carbocycles. The summed E-state index contributed by atoms with van der Waals surface area (Å²) in [6, 6.07) is 3.30. The largest absolute Gasteiger partial charge is 0.462 e. The molecule has 1 unspecified atom stereocenters. The fourth-order valence-corrected chi connectivity index (χ4v) is 2.44. The molecule has 0 aliphatic rings. The van der Waals surface area contributed by atoms with Gasteiger partial charge in [0.05, 0.1) is 4.92 Å². The molecule has 8 heteroatoms. The van der Waals surface area contributed by atoms with Crippen LogP contribution in [0.25, 0.3) is 0 Å². The summed E-state index contributed by atoms with van der Waals surface area (Å²) in [7, 11) is 0. The second-order valence-corrected chi connectivity index (χ2v) is 6.62. The van der Waals surface area contributed by atoms with Crippen LogP contribution in [0.2, 0.25) is 0 Å². The van der Waals surface area contributed by atoms with Gasteiger partial charge in [0.2, 0.25) is 5.82 Å². The van der Waals surface area contributed by atoms with E-state index >= 15 is 0 Å². The number of rotatable bonds is 11. The highest BCUT2D eigenvalue weighted by Crippen LogP contribution is 2.19. The van der Waals surface area contributed by atoms with E-state index in [2.05, 4.69) is 0 Å². The zero-order valence-corrected chi connectivity index (χ0v) is 15.9. The number of nitrogens with zero attached hydrogens (tertiary/aromatic N) is 1. The molecule has 1 rings (SSSR count). The fourth-order valence-electron chi connectivity index (χ4n) is 2.44. The molecule has 0 fully saturated rings. The number of ether oxygens (including phenoxy) is 2. The van der Waals surface area contributed by atoms with Crippen molar-refractivity contribution in [1.29, 1.82) is 0 Å². The molecule has 7 nitrogen and oxygen atoms in total. The van der Waals surface area contributed by atoms with E-state index in [1.165, 1.54) is 6.07 Å². The number of carbonyl (C=O) groups is 2. The molecule has 150 valence electrons. The normalized spacial score (nSPS) is 11.9. The highest BCUT2D eigenvalue weighted by atomic mass is 19.1. The molecule has 0 aliphatic heterocycles. The maximum absolute atomic E-state index is 13.3. The molecule has 0 aliphatic carbocycles. The lowest BCUT2D eigenvalue weighted by Crippen LogP contribution is -2.23. The quantitative estimate of drug-likeness (QED) is 0.321. The summed E-state index contributed by atoms with van der Waals surface area (Å²) in [6.45, 7) is 5.81. The van der Waals surface area contributed by atoms with Crippen molar-refractivity contribution in [3.63, 3.8) is 0 Å². The van der Waals surface area contributed by atoms with Gasteiger partial charge in [-0.1, -0.05) is 33.3 Å². The van der Waals surface area contributed by atoms with Gasteiger partial charge in [0, 0.05) is 18.9 Å². The molecule has 0 bridgehead atoms. The fraction of sp³-hybridized carbons (Fsp3) is 0.579. The summed E-state index contributed by atoms with van der Waals surface area (Å²) in [6.07, 6.45) is 2.03. The zero-order valence-electron chi connectivity index (χ0n) is 15.9. The van der Waals surface area contributed by atoms with Gasteiger partial charge in [0.1, 0.15) is 12.7 Å². The van der Waals surface area contributed by atoms with Crippen LogP contribution in [-0.4, -0.2) is 23.0 Å². The Bertz CT molecular complexity index is 662. The highest BCUT2D eigenvalue weighted by Gasteiger charge is 2.18. The minimum absolute atomic E-state index is 0.0263. The molecule has 0 saturated heterocycles. The molecule has 0 spiro atoms. The Labute approximate surface area is 158 Å². The van der Waals surface area contributed by atoms with Gasteiger partial charge in [-0.15, -0.1) is 0 Å². The average Bonchev–Trinajstić information content (AvgIpc) is 2.60. The van der Waals surface area contributed by atoms with Crippen LogP contribution in [0.1, 0.15) is 58.4 Å². The second kappa shape index (κ2) is 11.3. The maximum atomic E-state index is 13.3. The molecule has 0 N–H and O–H groups in total. The molecular formula is C19H26FNO6.